The first-order valence-electron chi connectivity index (χ1n) is 5.86. The van der Waals surface area contributed by atoms with Crippen LogP contribution in [0.3, 0.4) is 0 Å². The van der Waals surface area contributed by atoms with E-state index in [-0.39, 0.29) is 17.1 Å². The molecule has 3 heteroatoms. The van der Waals surface area contributed by atoms with E-state index >= 15 is 0 Å². The number of aliphatic hydroxyl groups is 1. The summed E-state index contributed by atoms with van der Waals surface area (Å²) in [7, 11) is 0. The third-order valence-electron chi connectivity index (χ3n) is 2.14. The molecule has 0 aliphatic heterocycles. The van der Waals surface area contributed by atoms with Gasteiger partial charge in [-0.25, -0.2) is 0 Å². The minimum Gasteiger partial charge on any atom is -0.512 e. The van der Waals surface area contributed by atoms with E-state index in [9.17, 15) is 9.90 Å². The molecule has 0 aromatic heterocycles. The fraction of sp³-hybridized carbons (Fsp3) is 0.429. The fourth-order valence-electron chi connectivity index (χ4n) is 1.28. The lowest BCUT2D eigenvalue weighted by molar-refractivity contribution is -0.113. The Morgan fingerprint density at radius 3 is 2.47 bits per heavy atom. The number of nitrogens with zero attached hydrogens (tertiary/aromatic N) is 1. The Bertz CT molecular complexity index is 362. The number of hydrogen-bond acceptors (Lipinski definition) is 3. The van der Waals surface area contributed by atoms with E-state index in [1.807, 2.05) is 19.9 Å². The van der Waals surface area contributed by atoms with Gasteiger partial charge in [-0.15, -0.1) is 0 Å². The normalized spacial score (nSPS) is 13.7. The number of allylic oxidation sites excluding steroid dienone is 4. The van der Waals surface area contributed by atoms with Crippen LogP contribution >= 0.6 is 0 Å². The summed E-state index contributed by atoms with van der Waals surface area (Å²) in [5.41, 5.74) is 0.978. The van der Waals surface area contributed by atoms with Gasteiger partial charge in [-0.1, -0.05) is 26.5 Å². The highest BCUT2D eigenvalue weighted by atomic mass is 16.3. The van der Waals surface area contributed by atoms with Crippen molar-refractivity contribution in [1.82, 2.24) is 0 Å². The topological polar surface area (TPSA) is 49.7 Å². The van der Waals surface area contributed by atoms with Crippen LogP contribution in [0.25, 0.3) is 0 Å². The van der Waals surface area contributed by atoms with Gasteiger partial charge in [0.15, 0.2) is 5.78 Å². The molecule has 0 aliphatic rings. The summed E-state index contributed by atoms with van der Waals surface area (Å²) in [6.45, 7) is 9.00. The highest BCUT2D eigenvalue weighted by Gasteiger charge is 2.07. The second kappa shape index (κ2) is 8.50. The first-order valence-corrected chi connectivity index (χ1v) is 5.86. The summed E-state index contributed by atoms with van der Waals surface area (Å²) in [4.78, 5) is 15.5. The molecule has 0 saturated heterocycles. The second-order valence-electron chi connectivity index (χ2n) is 3.67. The summed E-state index contributed by atoms with van der Waals surface area (Å²) in [6.07, 6.45) is 7.05. The molecule has 0 aromatic rings. The van der Waals surface area contributed by atoms with Crippen molar-refractivity contribution in [3.8, 4) is 0 Å². The number of aliphatic hydroxyl groups excluding tert-OH is 1. The first-order chi connectivity index (χ1) is 8.06. The van der Waals surface area contributed by atoms with Crippen LogP contribution < -0.4 is 0 Å². The molecular formula is C14H21NO2. The molecule has 0 spiro atoms. The number of carbonyl (C=O) groups is 1. The first kappa shape index (κ1) is 15.4. The average Bonchev–Trinajstić information content (AvgIpc) is 2.27. The molecule has 0 heterocycles. The van der Waals surface area contributed by atoms with E-state index in [0.717, 1.165) is 12.8 Å². The van der Waals surface area contributed by atoms with E-state index in [1.165, 1.54) is 13.1 Å². The van der Waals surface area contributed by atoms with Gasteiger partial charge in [0.05, 0.1) is 11.3 Å². The Hall–Kier alpha value is -1.64. The molecule has 0 amide bonds. The monoisotopic (exact) mass is 235 g/mol. The van der Waals surface area contributed by atoms with Crippen molar-refractivity contribution in [1.29, 1.82) is 0 Å². The summed E-state index contributed by atoms with van der Waals surface area (Å²) >= 11 is 0. The molecule has 0 rings (SSSR count). The van der Waals surface area contributed by atoms with Crippen molar-refractivity contribution in [2.75, 3.05) is 0 Å². The lowest BCUT2D eigenvalue weighted by Crippen LogP contribution is -2.03. The minimum absolute atomic E-state index is 0.101. The van der Waals surface area contributed by atoms with Crippen molar-refractivity contribution < 1.29 is 9.90 Å². The van der Waals surface area contributed by atoms with E-state index in [1.54, 1.807) is 6.08 Å². The maximum Gasteiger partial charge on any atom is 0.164 e. The minimum atomic E-state index is -0.181. The van der Waals surface area contributed by atoms with Crippen LogP contribution in [0.1, 0.15) is 40.0 Å². The summed E-state index contributed by atoms with van der Waals surface area (Å²) in [5.74, 6) is -0.0803. The number of ketones is 1. The molecule has 0 unspecified atom stereocenters. The predicted molar refractivity (Wildman–Crippen MR) is 72.3 cm³/mol. The average molecular weight is 235 g/mol. The lowest BCUT2D eigenvalue weighted by Gasteiger charge is -2.02. The van der Waals surface area contributed by atoms with Crippen LogP contribution in [0.5, 0.6) is 0 Å². The zero-order valence-electron chi connectivity index (χ0n) is 10.9. The number of carbonyl (C=O) groups excluding carboxylic acids is 1. The van der Waals surface area contributed by atoms with Crippen molar-refractivity contribution in [2.24, 2.45) is 4.99 Å². The third kappa shape index (κ3) is 5.85. The summed E-state index contributed by atoms with van der Waals surface area (Å²) in [6, 6.07) is 0. The van der Waals surface area contributed by atoms with Gasteiger partial charge in [0, 0.05) is 12.6 Å². The number of aliphatic imine (C=N–C) groups is 1. The van der Waals surface area contributed by atoms with Crippen molar-refractivity contribution >= 4 is 12.0 Å². The van der Waals surface area contributed by atoms with Gasteiger partial charge in [0.2, 0.25) is 0 Å². The van der Waals surface area contributed by atoms with Gasteiger partial charge in [0.1, 0.15) is 5.76 Å². The second-order valence-corrected chi connectivity index (χ2v) is 3.67. The molecule has 1 N–H and O–H groups in total. The van der Waals surface area contributed by atoms with Crippen molar-refractivity contribution in [2.45, 2.75) is 40.0 Å². The zero-order chi connectivity index (χ0) is 13.3. The van der Waals surface area contributed by atoms with Gasteiger partial charge in [-0.3, -0.25) is 9.79 Å². The van der Waals surface area contributed by atoms with E-state index in [4.69, 9.17) is 0 Å². The van der Waals surface area contributed by atoms with Gasteiger partial charge >= 0.3 is 0 Å². The van der Waals surface area contributed by atoms with E-state index in [0.29, 0.717) is 12.1 Å². The molecule has 0 radical (unpaired) electrons. The van der Waals surface area contributed by atoms with Gasteiger partial charge in [0.25, 0.3) is 0 Å². The molecule has 0 bridgehead atoms. The van der Waals surface area contributed by atoms with Gasteiger partial charge in [-0.05, 0) is 25.8 Å². The predicted octanol–water partition coefficient (Wildman–Crippen LogP) is 3.74. The SMILES string of the molecule is C=C/C(=C\CC)N=CC(C(C)=O)=C(O)CCC. The largest absolute Gasteiger partial charge is 0.512 e. The smallest absolute Gasteiger partial charge is 0.164 e. The molecule has 0 atom stereocenters. The Balaban J connectivity index is 5.07. The van der Waals surface area contributed by atoms with Gasteiger partial charge in [-0.2, -0.15) is 0 Å². The molecular weight excluding hydrogens is 214 g/mol. The van der Waals surface area contributed by atoms with Crippen LogP contribution in [-0.4, -0.2) is 17.1 Å². The maximum absolute atomic E-state index is 11.4. The number of Topliss-reactive ketones (excluding diaryl/α,β-unsaturated/α-hetero) is 1. The quantitative estimate of drug-likeness (QED) is 0.316. The number of hydrogen-bond donors (Lipinski definition) is 1. The molecule has 0 fully saturated rings. The Morgan fingerprint density at radius 2 is 2.06 bits per heavy atom. The van der Waals surface area contributed by atoms with Crippen LogP contribution in [0.4, 0.5) is 0 Å². The van der Waals surface area contributed by atoms with Crippen LogP contribution in [-0.2, 0) is 4.79 Å². The summed E-state index contributed by atoms with van der Waals surface area (Å²) in [5, 5.41) is 9.72. The Kier molecular flexibility index (Phi) is 7.68. The van der Waals surface area contributed by atoms with Gasteiger partial charge < -0.3 is 5.11 Å². The Morgan fingerprint density at radius 1 is 1.41 bits per heavy atom. The molecule has 0 aromatic carbocycles. The third-order valence-corrected chi connectivity index (χ3v) is 2.14. The molecule has 0 saturated carbocycles. The standard InChI is InChI=1S/C14H21NO2/c1-5-8-12(7-3)15-10-13(11(4)16)14(17)9-6-2/h7-8,10,17H,3,5-6,9H2,1-2,4H3/b12-8+,14-13?,15-10?. The van der Waals surface area contributed by atoms with Crippen molar-refractivity contribution in [3.05, 3.63) is 35.8 Å². The van der Waals surface area contributed by atoms with Crippen LogP contribution in [0.15, 0.2) is 40.8 Å². The molecule has 17 heavy (non-hydrogen) atoms. The Labute approximate surface area is 103 Å². The highest BCUT2D eigenvalue weighted by Crippen LogP contribution is 2.09. The molecule has 3 nitrogen and oxygen atoms in total. The molecule has 0 aliphatic carbocycles. The lowest BCUT2D eigenvalue weighted by atomic mass is 10.1. The van der Waals surface area contributed by atoms with Crippen molar-refractivity contribution in [3.63, 3.8) is 0 Å². The van der Waals surface area contributed by atoms with Crippen LogP contribution in [0, 0.1) is 0 Å². The fourth-order valence-corrected chi connectivity index (χ4v) is 1.28. The van der Waals surface area contributed by atoms with Crippen LogP contribution in [0.2, 0.25) is 0 Å². The maximum atomic E-state index is 11.4. The zero-order valence-corrected chi connectivity index (χ0v) is 10.9. The van der Waals surface area contributed by atoms with E-state index < -0.39 is 0 Å². The molecule has 94 valence electrons. The van der Waals surface area contributed by atoms with E-state index in [2.05, 4.69) is 11.6 Å². The number of rotatable bonds is 7. The highest BCUT2D eigenvalue weighted by molar-refractivity contribution is 6.12. The summed E-state index contributed by atoms with van der Waals surface area (Å²) < 4.78 is 0.